The maximum Gasteiger partial charge on any atom is 0.221 e. The monoisotopic (exact) mass is 304 g/mol. The van der Waals surface area contributed by atoms with Crippen molar-refractivity contribution in [3.8, 4) is 0 Å². The summed E-state index contributed by atoms with van der Waals surface area (Å²) in [5.41, 5.74) is 0.240. The number of carbonyl (C=O) groups is 1. The molecule has 2 saturated carbocycles. The topological polar surface area (TPSA) is 50.4 Å². The Morgan fingerprint density at radius 1 is 1.30 bits per heavy atom. The zero-order valence-electron chi connectivity index (χ0n) is 12.7. The number of hydrogen-bond donors (Lipinski definition) is 2. The molecule has 0 saturated heterocycles. The average molecular weight is 305 g/mol. The van der Waals surface area contributed by atoms with E-state index in [0.29, 0.717) is 18.6 Å². The summed E-state index contributed by atoms with van der Waals surface area (Å²) in [5.74, 6) is 0.180. The van der Waals surface area contributed by atoms with Crippen LogP contribution in [0.1, 0.15) is 51.9 Å². The zero-order valence-corrected chi connectivity index (χ0v) is 13.6. The standard InChI is InChI=1S/C15H28N2O2.ClH/c1-3-19-13-11-12(17-14(18)7-10-16-2)15(13)8-5-4-6-9-15;/h12-13,16H,3-11H2,1-2H3,(H,17,18);1H. The molecule has 0 radical (unpaired) electrons. The minimum Gasteiger partial charge on any atom is -0.378 e. The van der Waals surface area contributed by atoms with Crippen molar-refractivity contribution in [2.45, 2.75) is 64.0 Å². The van der Waals surface area contributed by atoms with E-state index in [0.717, 1.165) is 19.6 Å². The smallest absolute Gasteiger partial charge is 0.221 e. The van der Waals surface area contributed by atoms with Gasteiger partial charge in [0.2, 0.25) is 5.91 Å². The first-order valence-corrected chi connectivity index (χ1v) is 7.78. The van der Waals surface area contributed by atoms with Crippen LogP contribution < -0.4 is 10.6 Å². The number of hydrogen-bond acceptors (Lipinski definition) is 3. The molecular weight excluding hydrogens is 276 g/mol. The van der Waals surface area contributed by atoms with Crippen LogP contribution in [0.4, 0.5) is 0 Å². The molecule has 5 heteroatoms. The molecule has 0 aromatic rings. The maximum absolute atomic E-state index is 11.9. The van der Waals surface area contributed by atoms with Crippen molar-refractivity contribution < 1.29 is 9.53 Å². The lowest BCUT2D eigenvalue weighted by molar-refractivity contribution is -0.157. The summed E-state index contributed by atoms with van der Waals surface area (Å²) in [7, 11) is 1.88. The Hall–Kier alpha value is -0.320. The first-order chi connectivity index (χ1) is 9.23. The first kappa shape index (κ1) is 17.7. The van der Waals surface area contributed by atoms with Crippen LogP contribution in [-0.4, -0.2) is 38.3 Å². The normalized spacial score (nSPS) is 27.5. The predicted molar refractivity (Wildman–Crippen MR) is 83.3 cm³/mol. The molecule has 2 unspecified atom stereocenters. The van der Waals surface area contributed by atoms with Crippen molar-refractivity contribution in [1.82, 2.24) is 10.6 Å². The maximum atomic E-state index is 11.9. The van der Waals surface area contributed by atoms with Crippen LogP contribution in [0.25, 0.3) is 0 Å². The average Bonchev–Trinajstić information content (AvgIpc) is 2.45. The van der Waals surface area contributed by atoms with E-state index in [1.54, 1.807) is 0 Å². The summed E-state index contributed by atoms with van der Waals surface area (Å²) in [6.07, 6.45) is 8.28. The number of rotatable bonds is 6. The number of ether oxygens (including phenoxy) is 1. The summed E-state index contributed by atoms with van der Waals surface area (Å²) >= 11 is 0. The van der Waals surface area contributed by atoms with Gasteiger partial charge in [-0.3, -0.25) is 4.79 Å². The van der Waals surface area contributed by atoms with Gasteiger partial charge in [-0.15, -0.1) is 12.4 Å². The highest BCUT2D eigenvalue weighted by atomic mass is 35.5. The molecule has 0 bridgehead atoms. The highest BCUT2D eigenvalue weighted by Gasteiger charge is 2.55. The van der Waals surface area contributed by atoms with Crippen molar-refractivity contribution >= 4 is 18.3 Å². The van der Waals surface area contributed by atoms with Crippen LogP contribution >= 0.6 is 12.4 Å². The number of amides is 1. The molecule has 2 rings (SSSR count). The van der Waals surface area contributed by atoms with E-state index in [4.69, 9.17) is 4.74 Å². The van der Waals surface area contributed by atoms with Crippen LogP contribution in [0, 0.1) is 5.41 Å². The quantitative estimate of drug-likeness (QED) is 0.791. The van der Waals surface area contributed by atoms with Crippen LogP contribution in [0.15, 0.2) is 0 Å². The highest BCUT2D eigenvalue weighted by molar-refractivity contribution is 5.85. The second-order valence-corrected chi connectivity index (χ2v) is 5.95. The van der Waals surface area contributed by atoms with E-state index >= 15 is 0 Å². The lowest BCUT2D eigenvalue weighted by atomic mass is 9.55. The van der Waals surface area contributed by atoms with Gasteiger partial charge in [-0.05, 0) is 33.2 Å². The Bertz CT molecular complexity index is 306. The van der Waals surface area contributed by atoms with Gasteiger partial charge in [0.1, 0.15) is 0 Å². The molecule has 2 fully saturated rings. The summed E-state index contributed by atoms with van der Waals surface area (Å²) in [4.78, 5) is 11.9. The lowest BCUT2D eigenvalue weighted by Crippen LogP contribution is -2.65. The molecule has 2 aliphatic carbocycles. The second-order valence-electron chi connectivity index (χ2n) is 5.95. The molecule has 0 aromatic heterocycles. The molecule has 4 nitrogen and oxygen atoms in total. The Labute approximate surface area is 128 Å². The van der Waals surface area contributed by atoms with Crippen molar-refractivity contribution in [2.75, 3.05) is 20.2 Å². The molecule has 0 aromatic carbocycles. The Kier molecular flexibility index (Phi) is 7.27. The van der Waals surface area contributed by atoms with E-state index in [1.165, 1.54) is 32.1 Å². The van der Waals surface area contributed by atoms with Crippen LogP contribution in [0.3, 0.4) is 0 Å². The minimum absolute atomic E-state index is 0. The summed E-state index contributed by atoms with van der Waals surface area (Å²) in [6.45, 7) is 3.60. The molecule has 2 N–H and O–H groups in total. The SMILES string of the molecule is CCOC1CC(NC(=O)CCNC)C12CCCCC2.Cl. The fourth-order valence-electron chi connectivity index (χ4n) is 3.77. The Morgan fingerprint density at radius 2 is 2.00 bits per heavy atom. The van der Waals surface area contributed by atoms with E-state index in [9.17, 15) is 4.79 Å². The summed E-state index contributed by atoms with van der Waals surface area (Å²) in [6, 6.07) is 0.341. The Balaban J connectivity index is 0.00000200. The van der Waals surface area contributed by atoms with Crippen molar-refractivity contribution in [3.63, 3.8) is 0 Å². The molecule has 2 aliphatic rings. The van der Waals surface area contributed by atoms with Crippen LogP contribution in [0.2, 0.25) is 0 Å². The first-order valence-electron chi connectivity index (χ1n) is 7.78. The van der Waals surface area contributed by atoms with Crippen LogP contribution in [-0.2, 0) is 9.53 Å². The van der Waals surface area contributed by atoms with E-state index in [-0.39, 0.29) is 23.7 Å². The molecular formula is C15H29ClN2O2. The van der Waals surface area contributed by atoms with Crippen molar-refractivity contribution in [1.29, 1.82) is 0 Å². The van der Waals surface area contributed by atoms with E-state index in [2.05, 4.69) is 17.6 Å². The van der Waals surface area contributed by atoms with Crippen molar-refractivity contribution in [2.24, 2.45) is 5.41 Å². The zero-order chi connectivity index (χ0) is 13.7. The Morgan fingerprint density at radius 3 is 2.60 bits per heavy atom. The third-order valence-electron chi connectivity index (χ3n) is 4.87. The number of halogens is 1. The van der Waals surface area contributed by atoms with Gasteiger partial charge >= 0.3 is 0 Å². The second kappa shape index (κ2) is 8.20. The largest absolute Gasteiger partial charge is 0.378 e. The molecule has 0 aliphatic heterocycles. The number of carbonyl (C=O) groups excluding carboxylic acids is 1. The molecule has 0 heterocycles. The van der Waals surface area contributed by atoms with Gasteiger partial charge in [-0.25, -0.2) is 0 Å². The minimum atomic E-state index is 0. The van der Waals surface area contributed by atoms with Gasteiger partial charge in [0.15, 0.2) is 0 Å². The van der Waals surface area contributed by atoms with Gasteiger partial charge in [0, 0.05) is 31.0 Å². The van der Waals surface area contributed by atoms with Gasteiger partial charge in [-0.2, -0.15) is 0 Å². The fraction of sp³-hybridized carbons (Fsp3) is 0.933. The molecule has 118 valence electrons. The molecule has 2 atom stereocenters. The summed E-state index contributed by atoms with van der Waals surface area (Å²) < 4.78 is 5.90. The summed E-state index contributed by atoms with van der Waals surface area (Å²) in [5, 5.41) is 6.26. The third-order valence-corrected chi connectivity index (χ3v) is 4.87. The highest BCUT2D eigenvalue weighted by Crippen LogP contribution is 2.53. The van der Waals surface area contributed by atoms with Crippen molar-refractivity contribution in [3.05, 3.63) is 0 Å². The molecule has 1 amide bonds. The molecule has 20 heavy (non-hydrogen) atoms. The molecule has 1 spiro atoms. The van der Waals surface area contributed by atoms with E-state index < -0.39 is 0 Å². The lowest BCUT2D eigenvalue weighted by Gasteiger charge is -2.57. The third kappa shape index (κ3) is 3.66. The van der Waals surface area contributed by atoms with Gasteiger partial charge in [0.25, 0.3) is 0 Å². The predicted octanol–water partition coefficient (Wildman–Crippen LogP) is 2.26. The van der Waals surface area contributed by atoms with Crippen LogP contribution in [0.5, 0.6) is 0 Å². The van der Waals surface area contributed by atoms with Gasteiger partial charge in [0.05, 0.1) is 6.10 Å². The fourth-order valence-corrected chi connectivity index (χ4v) is 3.77. The number of nitrogens with one attached hydrogen (secondary N) is 2. The van der Waals surface area contributed by atoms with Gasteiger partial charge in [-0.1, -0.05) is 19.3 Å². The van der Waals surface area contributed by atoms with E-state index in [1.807, 2.05) is 7.05 Å². The van der Waals surface area contributed by atoms with Gasteiger partial charge < -0.3 is 15.4 Å².